The molecule has 3 N–H and O–H groups in total. The highest BCUT2D eigenvalue weighted by Crippen LogP contribution is 2.29. The molecule has 2 unspecified atom stereocenters. The predicted molar refractivity (Wildman–Crippen MR) is 139 cm³/mol. The number of hydrogen-bond donors (Lipinski definition) is 3. The molecule has 0 bridgehead atoms. The van der Waals surface area contributed by atoms with Crippen molar-refractivity contribution in [2.45, 2.75) is 57.7 Å². The Morgan fingerprint density at radius 1 is 0.947 bits per heavy atom. The molecule has 2 aliphatic rings. The SMILES string of the molecule is Cc1ccc(NC(=O)N2CCN(C(=O)c3ccc(F)cc3)C2C(=O)NC(CC(=O)O)C2CCCCC2)cc1. The number of benzene rings is 2. The van der Waals surface area contributed by atoms with Gasteiger partial charge in [-0.3, -0.25) is 19.3 Å². The Morgan fingerprint density at radius 3 is 2.21 bits per heavy atom. The Balaban J connectivity index is 1.59. The van der Waals surface area contributed by atoms with Crippen LogP contribution in [0.15, 0.2) is 48.5 Å². The quantitative estimate of drug-likeness (QED) is 0.506. The lowest BCUT2D eigenvalue weighted by molar-refractivity contribution is -0.138. The van der Waals surface area contributed by atoms with E-state index in [-0.39, 0.29) is 31.0 Å². The van der Waals surface area contributed by atoms with Gasteiger partial charge in [-0.25, -0.2) is 9.18 Å². The second-order valence-electron chi connectivity index (χ2n) is 9.98. The molecule has 38 heavy (non-hydrogen) atoms. The van der Waals surface area contributed by atoms with Crippen LogP contribution in [0.2, 0.25) is 0 Å². The standard InChI is InChI=1S/C28H33FN4O5/c1-18-7-13-22(14-8-18)30-28(38)33-16-15-32(27(37)20-9-11-21(29)12-10-20)26(33)25(36)31-23(17-24(34)35)19-5-3-2-4-6-19/h7-14,19,23,26H,2-6,15-17H2,1H3,(H,30,38)(H,31,36)(H,34,35). The first-order valence-electron chi connectivity index (χ1n) is 13.0. The zero-order chi connectivity index (χ0) is 27.2. The molecule has 0 aromatic heterocycles. The van der Waals surface area contributed by atoms with Crippen LogP contribution in [-0.4, -0.2) is 64.0 Å². The molecule has 2 atom stereocenters. The summed E-state index contributed by atoms with van der Waals surface area (Å²) in [7, 11) is 0. The topological polar surface area (TPSA) is 119 Å². The number of carboxylic acid groups (broad SMARTS) is 1. The first kappa shape index (κ1) is 27.1. The molecule has 1 aliphatic carbocycles. The van der Waals surface area contributed by atoms with Crippen LogP contribution < -0.4 is 10.6 Å². The van der Waals surface area contributed by atoms with Gasteiger partial charge < -0.3 is 20.6 Å². The third-order valence-corrected chi connectivity index (χ3v) is 7.26. The lowest BCUT2D eigenvalue weighted by Gasteiger charge is -2.34. The maximum atomic E-state index is 13.7. The molecule has 1 saturated heterocycles. The van der Waals surface area contributed by atoms with Gasteiger partial charge in [0.2, 0.25) is 0 Å². The number of hydrogen-bond acceptors (Lipinski definition) is 4. The number of aryl methyl sites for hydroxylation is 1. The van der Waals surface area contributed by atoms with Gasteiger partial charge in [0.05, 0.1) is 6.42 Å². The first-order chi connectivity index (χ1) is 18.2. The second kappa shape index (κ2) is 12.1. The number of aliphatic carboxylic acids is 1. The molecular formula is C28H33FN4O5. The van der Waals surface area contributed by atoms with Crippen LogP contribution in [0.5, 0.6) is 0 Å². The van der Waals surface area contributed by atoms with Crippen LogP contribution in [0, 0.1) is 18.7 Å². The fraction of sp³-hybridized carbons (Fsp3) is 0.429. The molecular weight excluding hydrogens is 491 g/mol. The van der Waals surface area contributed by atoms with E-state index in [9.17, 15) is 28.7 Å². The Morgan fingerprint density at radius 2 is 1.58 bits per heavy atom. The molecule has 2 aromatic carbocycles. The van der Waals surface area contributed by atoms with E-state index in [2.05, 4.69) is 10.6 Å². The molecule has 2 aromatic rings. The molecule has 2 fully saturated rings. The van der Waals surface area contributed by atoms with Crippen molar-refractivity contribution in [2.24, 2.45) is 5.92 Å². The summed E-state index contributed by atoms with van der Waals surface area (Å²) >= 11 is 0. The van der Waals surface area contributed by atoms with Crippen molar-refractivity contribution in [3.63, 3.8) is 0 Å². The van der Waals surface area contributed by atoms with Crippen molar-refractivity contribution >= 4 is 29.5 Å². The van der Waals surface area contributed by atoms with Gasteiger partial charge in [-0.15, -0.1) is 0 Å². The molecule has 202 valence electrons. The van der Waals surface area contributed by atoms with Crippen LogP contribution in [0.1, 0.15) is 54.4 Å². The average molecular weight is 525 g/mol. The molecule has 0 spiro atoms. The summed E-state index contributed by atoms with van der Waals surface area (Å²) in [6, 6.07) is 11.0. The fourth-order valence-electron chi connectivity index (χ4n) is 5.24. The summed E-state index contributed by atoms with van der Waals surface area (Å²) in [5, 5.41) is 15.2. The van der Waals surface area contributed by atoms with Crippen molar-refractivity contribution in [1.29, 1.82) is 0 Å². The van der Waals surface area contributed by atoms with Gasteiger partial charge in [0, 0.05) is 30.4 Å². The summed E-state index contributed by atoms with van der Waals surface area (Å²) in [5.41, 5.74) is 1.73. The van der Waals surface area contributed by atoms with Crippen LogP contribution in [0.4, 0.5) is 14.9 Å². The van der Waals surface area contributed by atoms with E-state index < -0.39 is 41.8 Å². The molecule has 1 saturated carbocycles. The maximum Gasteiger partial charge on any atom is 0.323 e. The van der Waals surface area contributed by atoms with E-state index in [1.54, 1.807) is 12.1 Å². The number of urea groups is 1. The highest BCUT2D eigenvalue weighted by Gasteiger charge is 2.44. The zero-order valence-corrected chi connectivity index (χ0v) is 21.4. The third-order valence-electron chi connectivity index (χ3n) is 7.26. The van der Waals surface area contributed by atoms with Crippen molar-refractivity contribution in [3.8, 4) is 0 Å². The Hall–Kier alpha value is -3.95. The number of carbonyl (C=O) groups excluding carboxylic acids is 3. The zero-order valence-electron chi connectivity index (χ0n) is 21.4. The van der Waals surface area contributed by atoms with Crippen molar-refractivity contribution in [2.75, 3.05) is 18.4 Å². The lowest BCUT2D eigenvalue weighted by Crippen LogP contribution is -2.57. The number of carbonyl (C=O) groups is 4. The first-order valence-corrected chi connectivity index (χ1v) is 13.0. The second-order valence-corrected chi connectivity index (χ2v) is 9.98. The summed E-state index contributed by atoms with van der Waals surface area (Å²) in [6.07, 6.45) is 3.06. The number of nitrogens with one attached hydrogen (secondary N) is 2. The largest absolute Gasteiger partial charge is 0.481 e. The third kappa shape index (κ3) is 6.48. The van der Waals surface area contributed by atoms with Gasteiger partial charge in [-0.2, -0.15) is 0 Å². The number of carboxylic acids is 1. The average Bonchev–Trinajstić information content (AvgIpc) is 3.35. The van der Waals surface area contributed by atoms with Gasteiger partial charge in [0.15, 0.2) is 6.17 Å². The molecule has 10 heteroatoms. The molecule has 4 amide bonds. The monoisotopic (exact) mass is 524 g/mol. The number of nitrogens with zero attached hydrogens (tertiary/aromatic N) is 2. The number of amides is 4. The van der Waals surface area contributed by atoms with Gasteiger partial charge in [-0.1, -0.05) is 37.0 Å². The van der Waals surface area contributed by atoms with Crippen molar-refractivity contribution in [1.82, 2.24) is 15.1 Å². The Kier molecular flexibility index (Phi) is 8.60. The number of rotatable bonds is 7. The van der Waals surface area contributed by atoms with Crippen molar-refractivity contribution in [3.05, 3.63) is 65.5 Å². The molecule has 9 nitrogen and oxygen atoms in total. The van der Waals surface area contributed by atoms with Crippen LogP contribution in [0.25, 0.3) is 0 Å². The van der Waals surface area contributed by atoms with E-state index in [1.165, 1.54) is 21.9 Å². The van der Waals surface area contributed by atoms with E-state index in [0.717, 1.165) is 49.8 Å². The Labute approximate surface area is 221 Å². The van der Waals surface area contributed by atoms with Gasteiger partial charge in [-0.05, 0) is 62.1 Å². The van der Waals surface area contributed by atoms with Crippen molar-refractivity contribution < 1.29 is 28.7 Å². The van der Waals surface area contributed by atoms with E-state index in [4.69, 9.17) is 0 Å². The minimum Gasteiger partial charge on any atom is -0.481 e. The highest BCUT2D eigenvalue weighted by atomic mass is 19.1. The van der Waals surface area contributed by atoms with E-state index in [0.29, 0.717) is 5.69 Å². The van der Waals surface area contributed by atoms with E-state index >= 15 is 0 Å². The smallest absolute Gasteiger partial charge is 0.323 e. The van der Waals surface area contributed by atoms with Crippen LogP contribution in [-0.2, 0) is 9.59 Å². The van der Waals surface area contributed by atoms with Crippen LogP contribution in [0.3, 0.4) is 0 Å². The lowest BCUT2D eigenvalue weighted by atomic mass is 9.82. The number of anilines is 1. The summed E-state index contributed by atoms with van der Waals surface area (Å²) < 4.78 is 13.5. The molecule has 4 rings (SSSR count). The molecule has 0 radical (unpaired) electrons. The normalized spacial score (nSPS) is 18.6. The van der Waals surface area contributed by atoms with E-state index in [1.807, 2.05) is 19.1 Å². The van der Waals surface area contributed by atoms with Crippen LogP contribution >= 0.6 is 0 Å². The highest BCUT2D eigenvalue weighted by molar-refractivity contribution is 6.00. The minimum atomic E-state index is -1.29. The summed E-state index contributed by atoms with van der Waals surface area (Å²) in [4.78, 5) is 54.5. The fourth-order valence-corrected chi connectivity index (χ4v) is 5.24. The predicted octanol–water partition coefficient (Wildman–Crippen LogP) is 3.99. The molecule has 1 heterocycles. The van der Waals surface area contributed by atoms with Gasteiger partial charge in [0.25, 0.3) is 11.8 Å². The Bertz CT molecular complexity index is 1160. The van der Waals surface area contributed by atoms with Gasteiger partial charge in [0.1, 0.15) is 5.82 Å². The van der Waals surface area contributed by atoms with Gasteiger partial charge >= 0.3 is 12.0 Å². The summed E-state index contributed by atoms with van der Waals surface area (Å²) in [6.45, 7) is 2.10. The number of halogens is 1. The maximum absolute atomic E-state index is 13.7. The minimum absolute atomic E-state index is 0.00119. The molecule has 1 aliphatic heterocycles. The summed E-state index contributed by atoms with van der Waals surface area (Å²) in [5.74, 6) is -2.67.